The zero-order chi connectivity index (χ0) is 10.8. The lowest BCUT2D eigenvalue weighted by molar-refractivity contribution is 0.473. The van der Waals surface area contributed by atoms with Crippen molar-refractivity contribution < 1.29 is 0 Å². The highest BCUT2D eigenvalue weighted by molar-refractivity contribution is 7.98. The van der Waals surface area contributed by atoms with E-state index in [1.807, 2.05) is 6.08 Å². The summed E-state index contributed by atoms with van der Waals surface area (Å²) in [5.41, 5.74) is 8.70. The maximum absolute atomic E-state index is 5.53. The first-order valence-corrected chi connectivity index (χ1v) is 6.14. The highest BCUT2D eigenvalue weighted by Crippen LogP contribution is 2.06. The Balaban J connectivity index is 3.62. The number of unbranched alkanes of at least 4 members (excludes halogenated alkanes) is 2. The first-order chi connectivity index (χ1) is 6.72. The van der Waals surface area contributed by atoms with E-state index in [0.29, 0.717) is 5.11 Å². The second-order valence-corrected chi connectivity index (χ2v) is 4.21. The van der Waals surface area contributed by atoms with Crippen LogP contribution in [0.25, 0.3) is 0 Å². The van der Waals surface area contributed by atoms with Crippen molar-refractivity contribution in [3.05, 3.63) is 12.7 Å². The summed E-state index contributed by atoms with van der Waals surface area (Å²) in [4.78, 5) is 0. The minimum atomic E-state index is 0.369. The van der Waals surface area contributed by atoms with E-state index >= 15 is 0 Å². The number of thiocarbonyl (C=S) groups is 1. The van der Waals surface area contributed by atoms with Gasteiger partial charge in [-0.3, -0.25) is 0 Å². The van der Waals surface area contributed by atoms with Gasteiger partial charge in [-0.25, -0.2) is 9.84 Å². The number of nitrogens with two attached hydrogens (primary N) is 1. The molecule has 14 heavy (non-hydrogen) atoms. The third-order valence-corrected chi connectivity index (χ3v) is 2.82. The molecule has 0 aromatic rings. The minimum absolute atomic E-state index is 0.369. The fourth-order valence-electron chi connectivity index (χ4n) is 0.870. The van der Waals surface area contributed by atoms with Crippen LogP contribution in [0.3, 0.4) is 0 Å². The Morgan fingerprint density at radius 2 is 2.36 bits per heavy atom. The van der Waals surface area contributed by atoms with Crippen LogP contribution in [-0.4, -0.2) is 21.8 Å². The van der Waals surface area contributed by atoms with Gasteiger partial charge in [0, 0.05) is 12.3 Å². The van der Waals surface area contributed by atoms with E-state index in [4.69, 9.17) is 18.0 Å². The Kier molecular flexibility index (Phi) is 9.13. The molecule has 0 radical (unpaired) electrons. The predicted molar refractivity (Wildman–Crippen MR) is 68.8 cm³/mol. The molecule has 0 bridgehead atoms. The van der Waals surface area contributed by atoms with Gasteiger partial charge in [0.2, 0.25) is 0 Å². The fraction of sp³-hybridized carbons (Fsp3) is 0.667. The summed E-state index contributed by atoms with van der Waals surface area (Å²) in [6.07, 6.45) is 5.41. The predicted octanol–water partition coefficient (Wildman–Crippen LogP) is 2.06. The molecule has 0 aromatic carbocycles. The van der Waals surface area contributed by atoms with Crippen LogP contribution in [0.1, 0.15) is 26.2 Å². The summed E-state index contributed by atoms with van der Waals surface area (Å²) in [6.45, 7) is 6.73. The normalized spacial score (nSPS) is 9.79. The van der Waals surface area contributed by atoms with Gasteiger partial charge in [0.05, 0.1) is 0 Å². The molecule has 0 amide bonds. The van der Waals surface area contributed by atoms with E-state index < -0.39 is 0 Å². The summed E-state index contributed by atoms with van der Waals surface area (Å²) in [7, 11) is 0. The van der Waals surface area contributed by atoms with Gasteiger partial charge in [-0.1, -0.05) is 25.8 Å². The van der Waals surface area contributed by atoms with Crippen LogP contribution in [0.15, 0.2) is 12.7 Å². The van der Waals surface area contributed by atoms with E-state index in [9.17, 15) is 0 Å². The minimum Gasteiger partial charge on any atom is -0.374 e. The van der Waals surface area contributed by atoms with E-state index in [1.165, 1.54) is 24.8 Å². The van der Waals surface area contributed by atoms with Crippen molar-refractivity contribution in [3.8, 4) is 0 Å². The molecule has 0 aliphatic rings. The lowest BCUT2D eigenvalue weighted by Gasteiger charge is -2.21. The van der Waals surface area contributed by atoms with Gasteiger partial charge in [0.15, 0.2) is 5.11 Å². The van der Waals surface area contributed by atoms with E-state index in [0.717, 1.165) is 18.7 Å². The Morgan fingerprint density at radius 3 is 2.86 bits per heavy atom. The maximum atomic E-state index is 5.53. The number of nitrogens with zero attached hydrogens (tertiary/aromatic N) is 1. The molecule has 0 aromatic heterocycles. The standard InChI is InChI=1S/C9H19N3S2/c1-3-5-6-7-11-12(9(10)13)14-8-4-2/h4,11H,2-3,5-8H2,1H3,(H2,10,13). The molecule has 5 heteroatoms. The molecule has 0 heterocycles. The van der Waals surface area contributed by atoms with Crippen molar-refractivity contribution in [1.82, 2.24) is 9.84 Å². The van der Waals surface area contributed by atoms with Crippen LogP contribution >= 0.6 is 24.2 Å². The van der Waals surface area contributed by atoms with Gasteiger partial charge in [-0.05, 0) is 30.6 Å². The van der Waals surface area contributed by atoms with Crippen LogP contribution in [0, 0.1) is 0 Å². The van der Waals surface area contributed by atoms with Gasteiger partial charge in [-0.15, -0.1) is 6.58 Å². The van der Waals surface area contributed by atoms with Gasteiger partial charge >= 0.3 is 0 Å². The average molecular weight is 233 g/mol. The van der Waals surface area contributed by atoms with Crippen LogP contribution in [0.5, 0.6) is 0 Å². The summed E-state index contributed by atoms with van der Waals surface area (Å²) < 4.78 is 1.73. The third kappa shape index (κ3) is 7.17. The van der Waals surface area contributed by atoms with Crippen molar-refractivity contribution >= 4 is 29.3 Å². The molecule has 82 valence electrons. The third-order valence-electron chi connectivity index (χ3n) is 1.56. The zero-order valence-electron chi connectivity index (χ0n) is 8.66. The molecular formula is C9H19N3S2. The summed E-state index contributed by atoms with van der Waals surface area (Å²) >= 11 is 6.42. The molecule has 0 aliphatic heterocycles. The molecule has 0 fully saturated rings. The molecule has 3 nitrogen and oxygen atoms in total. The number of hydrogen-bond donors (Lipinski definition) is 2. The Hall–Kier alpha value is -0.260. The van der Waals surface area contributed by atoms with Crippen LogP contribution in [-0.2, 0) is 0 Å². The van der Waals surface area contributed by atoms with E-state index in [-0.39, 0.29) is 0 Å². The molecule has 0 saturated heterocycles. The summed E-state index contributed by atoms with van der Waals surface area (Å²) in [5.74, 6) is 0.804. The lowest BCUT2D eigenvalue weighted by atomic mass is 10.2. The number of nitrogens with one attached hydrogen (secondary N) is 1. The van der Waals surface area contributed by atoms with Crippen molar-refractivity contribution in [2.45, 2.75) is 26.2 Å². The lowest BCUT2D eigenvalue weighted by Crippen LogP contribution is -2.41. The number of hydrazine groups is 1. The molecule has 3 N–H and O–H groups in total. The maximum Gasteiger partial charge on any atom is 0.191 e. The summed E-state index contributed by atoms with van der Waals surface area (Å²) in [5, 5.41) is 0.369. The Morgan fingerprint density at radius 1 is 1.64 bits per heavy atom. The van der Waals surface area contributed by atoms with E-state index in [1.54, 1.807) is 4.41 Å². The molecular weight excluding hydrogens is 214 g/mol. The first-order valence-electron chi connectivity index (χ1n) is 4.79. The second kappa shape index (κ2) is 9.30. The van der Waals surface area contributed by atoms with Crippen molar-refractivity contribution in [3.63, 3.8) is 0 Å². The molecule has 0 atom stereocenters. The van der Waals surface area contributed by atoms with Crippen molar-refractivity contribution in [2.75, 3.05) is 12.3 Å². The van der Waals surface area contributed by atoms with Gasteiger partial charge < -0.3 is 5.73 Å². The highest BCUT2D eigenvalue weighted by Gasteiger charge is 2.04. The topological polar surface area (TPSA) is 41.3 Å². The molecule has 0 aliphatic carbocycles. The van der Waals surface area contributed by atoms with E-state index in [2.05, 4.69) is 18.9 Å². The molecule has 0 spiro atoms. The first kappa shape index (κ1) is 13.7. The fourth-order valence-corrected chi connectivity index (χ4v) is 1.66. The molecule has 0 unspecified atom stereocenters. The smallest absolute Gasteiger partial charge is 0.191 e. The van der Waals surface area contributed by atoms with Crippen LogP contribution in [0.2, 0.25) is 0 Å². The van der Waals surface area contributed by atoms with Crippen LogP contribution < -0.4 is 11.2 Å². The quantitative estimate of drug-likeness (QED) is 0.221. The van der Waals surface area contributed by atoms with Gasteiger partial charge in [0.25, 0.3) is 0 Å². The molecule has 0 saturated carbocycles. The zero-order valence-corrected chi connectivity index (χ0v) is 10.3. The Labute approximate surface area is 96.2 Å². The number of rotatable bonds is 8. The molecule has 0 rings (SSSR count). The highest BCUT2D eigenvalue weighted by atomic mass is 32.2. The van der Waals surface area contributed by atoms with Crippen molar-refractivity contribution in [1.29, 1.82) is 0 Å². The monoisotopic (exact) mass is 233 g/mol. The largest absolute Gasteiger partial charge is 0.374 e. The van der Waals surface area contributed by atoms with Gasteiger partial charge in [0.1, 0.15) is 0 Å². The summed E-state index contributed by atoms with van der Waals surface area (Å²) in [6, 6.07) is 0. The SMILES string of the molecule is C=CCSN(NCCCCC)C(N)=S. The van der Waals surface area contributed by atoms with Crippen LogP contribution in [0.4, 0.5) is 0 Å². The number of hydrogen-bond acceptors (Lipinski definition) is 3. The van der Waals surface area contributed by atoms with Crippen molar-refractivity contribution in [2.24, 2.45) is 5.73 Å². The average Bonchev–Trinajstić information content (AvgIpc) is 2.16. The Bertz CT molecular complexity index is 173. The van der Waals surface area contributed by atoms with Gasteiger partial charge in [-0.2, -0.15) is 0 Å². The second-order valence-electron chi connectivity index (χ2n) is 2.83.